The Hall–Kier alpha value is -5.64. The van der Waals surface area contributed by atoms with Gasteiger partial charge in [0.05, 0.1) is 24.3 Å². The molecule has 0 saturated heterocycles. The Morgan fingerprint density at radius 3 is 0.838 bits per heavy atom. The maximum Gasteiger partial charge on any atom is 0.343 e. The van der Waals surface area contributed by atoms with E-state index in [0.29, 0.717) is 60.2 Å². The maximum atomic E-state index is 12.7. The SMILES string of the molecule is CCCCCCCCCCCCCOc1ccc(C(=O)Oc2ccc(OC(=O)CCCCC(=O)Oc3ccc(OC(=O)c4ccc(OCCCCCCCCCCCCC)cc4)cc3)cc2)cc1. The molecule has 0 N–H and O–H groups in total. The quantitative estimate of drug-likeness (QED) is 0.0245. The van der Waals surface area contributed by atoms with Gasteiger partial charge in [0.2, 0.25) is 0 Å². The molecule has 0 saturated carbocycles. The second-order valence-electron chi connectivity index (χ2n) is 17.7. The summed E-state index contributed by atoms with van der Waals surface area (Å²) in [5.41, 5.74) is 0.798. The van der Waals surface area contributed by atoms with Crippen LogP contribution in [0.4, 0.5) is 0 Å². The zero-order valence-corrected chi connectivity index (χ0v) is 41.1. The maximum absolute atomic E-state index is 12.7. The third-order valence-corrected chi connectivity index (χ3v) is 11.8. The van der Waals surface area contributed by atoms with Crippen LogP contribution in [0, 0.1) is 0 Å². The highest BCUT2D eigenvalue weighted by atomic mass is 16.5. The van der Waals surface area contributed by atoms with Crippen LogP contribution in [-0.4, -0.2) is 37.1 Å². The molecule has 0 fully saturated rings. The summed E-state index contributed by atoms with van der Waals surface area (Å²) < 4.78 is 33.6. The number of benzene rings is 4. The molecule has 4 rings (SSSR count). The standard InChI is InChI=1S/C58H78O10/c1-3-5-7-9-11-13-15-17-19-21-25-45-63-49-33-29-47(30-34-49)57(61)67-53-41-37-51(38-42-53)65-55(59)27-23-24-28-56(60)66-52-39-43-54(44-40-52)68-58(62)48-31-35-50(36-32-48)64-46-26-22-20-18-16-14-12-10-8-6-4-2/h29-44H,3-28,45-46H2,1-2H3. The molecule has 0 unspecified atom stereocenters. The summed E-state index contributed by atoms with van der Waals surface area (Å²) in [4.78, 5) is 50.4. The Morgan fingerprint density at radius 2 is 0.544 bits per heavy atom. The minimum atomic E-state index is -0.504. The number of esters is 4. The number of hydrogen-bond donors (Lipinski definition) is 0. The van der Waals surface area contributed by atoms with E-state index < -0.39 is 23.9 Å². The highest BCUT2D eigenvalue weighted by Crippen LogP contribution is 2.23. The van der Waals surface area contributed by atoms with Crippen molar-refractivity contribution < 1.29 is 47.6 Å². The Labute approximate surface area is 406 Å². The van der Waals surface area contributed by atoms with E-state index in [1.807, 2.05) is 0 Å². The second kappa shape index (κ2) is 34.6. The third-order valence-electron chi connectivity index (χ3n) is 11.8. The first-order valence-electron chi connectivity index (χ1n) is 25.8. The summed E-state index contributed by atoms with van der Waals surface area (Å²) in [6.45, 7) is 5.81. The van der Waals surface area contributed by atoms with Crippen molar-refractivity contribution in [1.82, 2.24) is 0 Å². The van der Waals surface area contributed by atoms with Gasteiger partial charge in [-0.05, 0) is 123 Å². The van der Waals surface area contributed by atoms with Crippen molar-refractivity contribution >= 4 is 23.9 Å². The average Bonchev–Trinajstić information content (AvgIpc) is 3.35. The van der Waals surface area contributed by atoms with Gasteiger partial charge in [0, 0.05) is 12.8 Å². The predicted octanol–water partition coefficient (Wildman–Crippen LogP) is 15.6. The van der Waals surface area contributed by atoms with E-state index in [1.54, 1.807) is 97.1 Å². The first-order valence-corrected chi connectivity index (χ1v) is 25.8. The molecule has 0 bridgehead atoms. The van der Waals surface area contributed by atoms with Crippen LogP contribution in [-0.2, 0) is 9.59 Å². The van der Waals surface area contributed by atoms with Crippen LogP contribution in [0.5, 0.6) is 34.5 Å². The fourth-order valence-electron chi connectivity index (χ4n) is 7.67. The smallest absolute Gasteiger partial charge is 0.343 e. The molecule has 0 aliphatic heterocycles. The molecule has 0 spiro atoms. The molecule has 10 heteroatoms. The van der Waals surface area contributed by atoms with Crippen LogP contribution in [0.3, 0.4) is 0 Å². The molecule has 0 radical (unpaired) electrons. The minimum absolute atomic E-state index is 0.109. The van der Waals surface area contributed by atoms with Gasteiger partial charge < -0.3 is 28.4 Å². The van der Waals surface area contributed by atoms with E-state index in [9.17, 15) is 19.2 Å². The molecular formula is C58H78O10. The van der Waals surface area contributed by atoms with Crippen LogP contribution in [0.25, 0.3) is 0 Å². The van der Waals surface area contributed by atoms with E-state index in [0.717, 1.165) is 37.2 Å². The fourth-order valence-corrected chi connectivity index (χ4v) is 7.67. The van der Waals surface area contributed by atoms with Gasteiger partial charge in [-0.2, -0.15) is 0 Å². The van der Waals surface area contributed by atoms with Crippen LogP contribution in [0.2, 0.25) is 0 Å². The Kier molecular flexibility index (Phi) is 28.0. The molecule has 10 nitrogen and oxygen atoms in total. The molecule has 0 aliphatic rings. The second-order valence-corrected chi connectivity index (χ2v) is 17.7. The van der Waals surface area contributed by atoms with Gasteiger partial charge in [-0.1, -0.05) is 142 Å². The van der Waals surface area contributed by atoms with Gasteiger partial charge in [0.15, 0.2) is 0 Å². The van der Waals surface area contributed by atoms with Gasteiger partial charge >= 0.3 is 23.9 Å². The Morgan fingerprint density at radius 1 is 0.294 bits per heavy atom. The molecular weight excluding hydrogens is 857 g/mol. The molecule has 0 amide bonds. The Bertz CT molecular complexity index is 1830. The van der Waals surface area contributed by atoms with Crippen molar-refractivity contribution in [3.63, 3.8) is 0 Å². The number of hydrogen-bond acceptors (Lipinski definition) is 10. The van der Waals surface area contributed by atoms with E-state index in [2.05, 4.69) is 13.8 Å². The molecule has 0 atom stereocenters. The molecule has 0 aliphatic carbocycles. The topological polar surface area (TPSA) is 124 Å². The van der Waals surface area contributed by atoms with Crippen molar-refractivity contribution in [3.8, 4) is 34.5 Å². The molecule has 370 valence electrons. The van der Waals surface area contributed by atoms with Crippen LogP contribution in [0.15, 0.2) is 97.1 Å². The van der Waals surface area contributed by atoms with Gasteiger partial charge in [-0.25, -0.2) is 9.59 Å². The zero-order valence-electron chi connectivity index (χ0n) is 41.1. The van der Waals surface area contributed by atoms with Gasteiger partial charge in [0.25, 0.3) is 0 Å². The normalized spacial score (nSPS) is 10.9. The largest absolute Gasteiger partial charge is 0.494 e. The van der Waals surface area contributed by atoms with Crippen molar-refractivity contribution in [2.75, 3.05) is 13.2 Å². The number of ether oxygens (including phenoxy) is 6. The first-order chi connectivity index (χ1) is 33.3. The van der Waals surface area contributed by atoms with Crippen LogP contribution >= 0.6 is 0 Å². The van der Waals surface area contributed by atoms with Crippen molar-refractivity contribution in [2.45, 2.75) is 181 Å². The lowest BCUT2D eigenvalue weighted by Gasteiger charge is -2.09. The van der Waals surface area contributed by atoms with Crippen molar-refractivity contribution in [3.05, 3.63) is 108 Å². The monoisotopic (exact) mass is 935 g/mol. The molecule has 4 aromatic rings. The summed E-state index contributed by atoms with van der Waals surface area (Å²) in [6, 6.07) is 26.3. The number of carbonyl (C=O) groups is 4. The first kappa shape index (κ1) is 55.0. The summed E-state index contributed by atoms with van der Waals surface area (Å²) in [5, 5.41) is 0. The molecule has 4 aromatic carbocycles. The minimum Gasteiger partial charge on any atom is -0.494 e. The number of rotatable bonds is 37. The number of unbranched alkanes of at least 4 members (excludes halogenated alkanes) is 21. The van der Waals surface area contributed by atoms with E-state index in [4.69, 9.17) is 28.4 Å². The zero-order chi connectivity index (χ0) is 48.3. The van der Waals surface area contributed by atoms with Gasteiger partial charge in [0.1, 0.15) is 34.5 Å². The summed E-state index contributed by atoms with van der Waals surface area (Å²) in [6.07, 6.45) is 29.3. The summed E-state index contributed by atoms with van der Waals surface area (Å²) in [5.74, 6) is 0.803. The van der Waals surface area contributed by atoms with E-state index >= 15 is 0 Å². The highest BCUT2D eigenvalue weighted by Gasteiger charge is 2.13. The lowest BCUT2D eigenvalue weighted by Crippen LogP contribution is -2.11. The summed E-state index contributed by atoms with van der Waals surface area (Å²) in [7, 11) is 0. The van der Waals surface area contributed by atoms with E-state index in [1.165, 1.54) is 116 Å². The highest BCUT2D eigenvalue weighted by molar-refractivity contribution is 5.91. The van der Waals surface area contributed by atoms with Crippen LogP contribution < -0.4 is 28.4 Å². The fraction of sp³-hybridized carbons (Fsp3) is 0.517. The molecule has 0 heterocycles. The van der Waals surface area contributed by atoms with Crippen molar-refractivity contribution in [2.24, 2.45) is 0 Å². The lowest BCUT2D eigenvalue weighted by atomic mass is 10.1. The summed E-state index contributed by atoms with van der Waals surface area (Å²) >= 11 is 0. The number of carbonyl (C=O) groups excluding carboxylic acids is 4. The van der Waals surface area contributed by atoms with Gasteiger partial charge in [-0.3, -0.25) is 9.59 Å². The molecule has 68 heavy (non-hydrogen) atoms. The average molecular weight is 935 g/mol. The van der Waals surface area contributed by atoms with Crippen LogP contribution in [0.1, 0.15) is 202 Å². The van der Waals surface area contributed by atoms with Gasteiger partial charge in [-0.15, -0.1) is 0 Å². The Balaban J connectivity index is 1.01. The van der Waals surface area contributed by atoms with E-state index in [-0.39, 0.29) is 12.8 Å². The van der Waals surface area contributed by atoms with Crippen molar-refractivity contribution in [1.29, 1.82) is 0 Å². The third kappa shape index (κ3) is 24.4. The molecule has 0 aromatic heterocycles. The lowest BCUT2D eigenvalue weighted by molar-refractivity contribution is -0.136. The predicted molar refractivity (Wildman–Crippen MR) is 269 cm³/mol.